The molecule has 1 aliphatic rings. The molecular formula is C12H11Cl2F2NOS. The smallest absolute Gasteiger partial charge is 0.288 e. The molecule has 0 radical (unpaired) electrons. The Morgan fingerprint density at radius 2 is 1.89 bits per heavy atom. The van der Waals surface area contributed by atoms with Crippen LogP contribution in [-0.2, 0) is 4.79 Å². The number of alkyl halides is 4. The molecule has 1 aromatic rings. The van der Waals surface area contributed by atoms with Gasteiger partial charge in [-0.2, -0.15) is 8.78 Å². The van der Waals surface area contributed by atoms with Gasteiger partial charge in [0.1, 0.15) is 4.33 Å². The number of anilines is 1. The lowest BCUT2D eigenvalue weighted by molar-refractivity contribution is -0.120. The van der Waals surface area contributed by atoms with E-state index in [1.165, 1.54) is 12.1 Å². The van der Waals surface area contributed by atoms with Gasteiger partial charge in [0.15, 0.2) is 0 Å². The van der Waals surface area contributed by atoms with Crippen LogP contribution in [0.1, 0.15) is 13.3 Å². The molecule has 104 valence electrons. The fourth-order valence-electron chi connectivity index (χ4n) is 1.63. The second-order valence-corrected chi connectivity index (χ2v) is 7.12. The molecule has 1 aromatic carbocycles. The summed E-state index contributed by atoms with van der Waals surface area (Å²) >= 11 is 12.3. The van der Waals surface area contributed by atoms with Crippen LogP contribution in [0.2, 0.25) is 0 Å². The Bertz CT molecular complexity index is 495. The van der Waals surface area contributed by atoms with Gasteiger partial charge in [0, 0.05) is 10.6 Å². The summed E-state index contributed by atoms with van der Waals surface area (Å²) in [6, 6.07) is 6.18. The van der Waals surface area contributed by atoms with E-state index < -0.39 is 15.5 Å². The summed E-state index contributed by atoms with van der Waals surface area (Å²) in [7, 11) is 0. The third-order valence-electron chi connectivity index (χ3n) is 3.10. The lowest BCUT2D eigenvalue weighted by Gasteiger charge is -2.12. The Morgan fingerprint density at radius 1 is 1.37 bits per heavy atom. The average Bonchev–Trinajstić information content (AvgIpc) is 2.82. The summed E-state index contributed by atoms with van der Waals surface area (Å²) in [6.45, 7) is 1.68. The van der Waals surface area contributed by atoms with Gasteiger partial charge in [-0.1, -0.05) is 11.8 Å². The van der Waals surface area contributed by atoms with Crippen molar-refractivity contribution in [1.29, 1.82) is 0 Å². The number of carbonyl (C=O) groups excluding carboxylic acids is 1. The Kier molecular flexibility index (Phi) is 4.00. The van der Waals surface area contributed by atoms with E-state index in [1.54, 1.807) is 19.1 Å². The van der Waals surface area contributed by atoms with E-state index >= 15 is 0 Å². The van der Waals surface area contributed by atoms with Gasteiger partial charge < -0.3 is 5.32 Å². The van der Waals surface area contributed by atoms with Gasteiger partial charge in [0.2, 0.25) is 5.91 Å². The first kappa shape index (κ1) is 14.9. The van der Waals surface area contributed by atoms with Crippen molar-refractivity contribution in [2.24, 2.45) is 5.41 Å². The van der Waals surface area contributed by atoms with Gasteiger partial charge in [0.05, 0.1) is 5.41 Å². The molecule has 0 aliphatic heterocycles. The Hall–Kier alpha value is -0.520. The minimum absolute atomic E-state index is 0.272. The quantitative estimate of drug-likeness (QED) is 0.651. The molecule has 0 bridgehead atoms. The maximum atomic E-state index is 12.1. The fourth-order valence-corrected chi connectivity index (χ4v) is 2.84. The molecule has 7 heteroatoms. The monoisotopic (exact) mass is 325 g/mol. The van der Waals surface area contributed by atoms with Crippen LogP contribution in [0, 0.1) is 5.41 Å². The van der Waals surface area contributed by atoms with E-state index in [1.807, 2.05) is 0 Å². The van der Waals surface area contributed by atoms with Crippen LogP contribution in [0.5, 0.6) is 0 Å². The molecule has 1 atom stereocenters. The summed E-state index contributed by atoms with van der Waals surface area (Å²) in [5.41, 5.74) is -0.271. The lowest BCUT2D eigenvalue weighted by atomic mass is 10.1. The van der Waals surface area contributed by atoms with Crippen LogP contribution >= 0.6 is 35.0 Å². The standard InChI is InChI=1S/C12H11Cl2F2NOS/c1-11(6-12(11,13)14)9(18)17-7-2-4-8(5-3-7)19-10(15)16/h2-5,10H,6H2,1H3,(H,17,18). The van der Waals surface area contributed by atoms with Crippen molar-refractivity contribution < 1.29 is 13.6 Å². The van der Waals surface area contributed by atoms with E-state index in [4.69, 9.17) is 23.2 Å². The zero-order chi connectivity index (χ0) is 14.3. The molecule has 0 spiro atoms. The van der Waals surface area contributed by atoms with Gasteiger partial charge in [-0.3, -0.25) is 4.79 Å². The van der Waals surface area contributed by atoms with Crippen LogP contribution in [0.15, 0.2) is 29.2 Å². The van der Waals surface area contributed by atoms with Crippen molar-refractivity contribution in [3.63, 3.8) is 0 Å². The van der Waals surface area contributed by atoms with Gasteiger partial charge in [0.25, 0.3) is 5.76 Å². The zero-order valence-corrected chi connectivity index (χ0v) is 12.3. The van der Waals surface area contributed by atoms with E-state index in [0.29, 0.717) is 28.8 Å². The number of benzene rings is 1. The van der Waals surface area contributed by atoms with Crippen LogP contribution in [0.4, 0.5) is 14.5 Å². The first-order chi connectivity index (χ1) is 8.74. The van der Waals surface area contributed by atoms with Gasteiger partial charge in [-0.25, -0.2) is 0 Å². The summed E-state index contributed by atoms with van der Waals surface area (Å²) in [6.07, 6.45) is 0.397. The second kappa shape index (κ2) is 5.11. The van der Waals surface area contributed by atoms with Gasteiger partial charge in [-0.05, 0) is 37.6 Å². The van der Waals surface area contributed by atoms with Crippen molar-refractivity contribution in [2.75, 3.05) is 5.32 Å². The highest BCUT2D eigenvalue weighted by atomic mass is 35.5. The number of amides is 1. The van der Waals surface area contributed by atoms with Crippen LogP contribution in [-0.4, -0.2) is 16.0 Å². The second-order valence-electron chi connectivity index (χ2n) is 4.57. The molecular weight excluding hydrogens is 315 g/mol. The molecule has 1 N–H and O–H groups in total. The molecule has 19 heavy (non-hydrogen) atoms. The van der Waals surface area contributed by atoms with Crippen LogP contribution < -0.4 is 5.32 Å². The Balaban J connectivity index is 1.99. The topological polar surface area (TPSA) is 29.1 Å². The summed E-state index contributed by atoms with van der Waals surface area (Å²) in [4.78, 5) is 12.4. The zero-order valence-electron chi connectivity index (χ0n) is 9.92. The van der Waals surface area contributed by atoms with Crippen molar-refractivity contribution >= 4 is 46.6 Å². The number of nitrogens with one attached hydrogen (secondary N) is 1. The largest absolute Gasteiger partial charge is 0.326 e. The summed E-state index contributed by atoms with van der Waals surface area (Å²) in [5, 5.41) is 2.68. The highest BCUT2D eigenvalue weighted by molar-refractivity contribution is 7.99. The average molecular weight is 326 g/mol. The Morgan fingerprint density at radius 3 is 2.32 bits per heavy atom. The number of hydrogen-bond acceptors (Lipinski definition) is 2. The molecule has 1 unspecified atom stereocenters. The minimum atomic E-state index is -2.46. The maximum absolute atomic E-state index is 12.1. The first-order valence-electron chi connectivity index (χ1n) is 5.49. The first-order valence-corrected chi connectivity index (χ1v) is 7.12. The van der Waals surface area contributed by atoms with Crippen molar-refractivity contribution in [1.82, 2.24) is 0 Å². The van der Waals surface area contributed by atoms with Crippen molar-refractivity contribution in [3.05, 3.63) is 24.3 Å². The third-order valence-corrected chi connectivity index (χ3v) is 4.92. The van der Waals surface area contributed by atoms with Crippen LogP contribution in [0.3, 0.4) is 0 Å². The van der Waals surface area contributed by atoms with E-state index in [2.05, 4.69) is 5.32 Å². The molecule has 0 heterocycles. The molecule has 2 rings (SSSR count). The van der Waals surface area contributed by atoms with E-state index in [9.17, 15) is 13.6 Å². The number of thioether (sulfide) groups is 1. The molecule has 1 amide bonds. The number of carbonyl (C=O) groups is 1. The maximum Gasteiger partial charge on any atom is 0.288 e. The van der Waals surface area contributed by atoms with Crippen molar-refractivity contribution in [3.8, 4) is 0 Å². The molecule has 1 aliphatic carbocycles. The van der Waals surface area contributed by atoms with E-state index in [-0.39, 0.29) is 5.91 Å². The number of hydrogen-bond donors (Lipinski definition) is 1. The molecule has 1 fully saturated rings. The predicted octanol–water partition coefficient (Wildman–Crippen LogP) is 4.52. The predicted molar refractivity (Wildman–Crippen MR) is 74.1 cm³/mol. The normalized spacial score (nSPS) is 24.3. The molecule has 0 aromatic heterocycles. The highest BCUT2D eigenvalue weighted by Crippen LogP contribution is 2.64. The Labute approximate surface area is 123 Å². The van der Waals surface area contributed by atoms with E-state index in [0.717, 1.165) is 0 Å². The minimum Gasteiger partial charge on any atom is -0.326 e. The number of rotatable bonds is 4. The molecule has 0 saturated heterocycles. The lowest BCUT2D eigenvalue weighted by Crippen LogP contribution is -2.25. The molecule has 2 nitrogen and oxygen atoms in total. The summed E-state index contributed by atoms with van der Waals surface area (Å²) < 4.78 is 23.3. The fraction of sp³-hybridized carbons (Fsp3) is 0.417. The third kappa shape index (κ3) is 3.15. The van der Waals surface area contributed by atoms with Gasteiger partial charge >= 0.3 is 0 Å². The molecule has 1 saturated carbocycles. The summed E-state index contributed by atoms with van der Waals surface area (Å²) in [5.74, 6) is -2.73. The number of halogens is 4. The van der Waals surface area contributed by atoms with Crippen LogP contribution in [0.25, 0.3) is 0 Å². The van der Waals surface area contributed by atoms with Gasteiger partial charge in [-0.15, -0.1) is 23.2 Å². The highest BCUT2D eigenvalue weighted by Gasteiger charge is 2.67. The van der Waals surface area contributed by atoms with Crippen molar-refractivity contribution in [2.45, 2.75) is 28.3 Å². The SMILES string of the molecule is CC1(C(=O)Nc2ccc(SC(F)F)cc2)CC1(Cl)Cl.